The topological polar surface area (TPSA) is 100 Å². The number of carbonyl (C=O) groups is 3. The van der Waals surface area contributed by atoms with Crippen LogP contribution in [-0.4, -0.2) is 37.7 Å². The number of halogens is 1. The number of esters is 1. The first-order valence-corrected chi connectivity index (χ1v) is 9.87. The number of ether oxygens (including phenoxy) is 4. The molecule has 1 aliphatic rings. The summed E-state index contributed by atoms with van der Waals surface area (Å²) in [4.78, 5) is 37.0. The van der Waals surface area contributed by atoms with Crippen molar-refractivity contribution in [1.82, 2.24) is 0 Å². The molecule has 0 spiro atoms. The third-order valence-corrected chi connectivity index (χ3v) is 4.64. The predicted molar refractivity (Wildman–Crippen MR) is 114 cm³/mol. The Morgan fingerprint density at radius 2 is 1.67 bits per heavy atom. The van der Waals surface area contributed by atoms with Crippen molar-refractivity contribution in [1.29, 1.82) is 0 Å². The SMILES string of the molecule is O=C(COc1ccccc1C(=O)OCC(=O)c1ccc2c(c1)OCO2)Nc1ccccc1F. The van der Waals surface area contributed by atoms with Crippen LogP contribution >= 0.6 is 0 Å². The minimum Gasteiger partial charge on any atom is -0.483 e. The molecule has 0 fully saturated rings. The number of para-hydroxylation sites is 2. The third kappa shape index (κ3) is 5.27. The van der Waals surface area contributed by atoms with Gasteiger partial charge in [-0.1, -0.05) is 24.3 Å². The predicted octanol–water partition coefficient (Wildman–Crippen LogP) is 3.61. The van der Waals surface area contributed by atoms with Crippen molar-refractivity contribution in [3.05, 3.63) is 83.7 Å². The number of hydrogen-bond donors (Lipinski definition) is 1. The van der Waals surface area contributed by atoms with E-state index in [-0.39, 0.29) is 23.8 Å². The summed E-state index contributed by atoms with van der Waals surface area (Å²) in [6, 6.07) is 16.5. The van der Waals surface area contributed by atoms with E-state index >= 15 is 0 Å². The molecule has 0 unspecified atom stereocenters. The minimum atomic E-state index is -0.797. The Balaban J connectivity index is 1.34. The lowest BCUT2D eigenvalue weighted by molar-refractivity contribution is -0.118. The summed E-state index contributed by atoms with van der Waals surface area (Å²) in [5, 5.41) is 2.39. The number of ketones is 1. The molecule has 8 nitrogen and oxygen atoms in total. The number of benzene rings is 3. The molecular weight excluding hydrogens is 433 g/mol. The Kier molecular flexibility index (Phi) is 6.49. The molecule has 1 heterocycles. The standard InChI is InChI=1S/C24H18FNO7/c25-17-6-2-3-7-18(17)26-23(28)13-30-20-8-4-1-5-16(20)24(29)31-12-19(27)15-9-10-21-22(11-15)33-14-32-21/h1-11H,12-14H2,(H,26,28). The third-order valence-electron chi connectivity index (χ3n) is 4.64. The lowest BCUT2D eigenvalue weighted by Gasteiger charge is -2.11. The fraction of sp³-hybridized carbons (Fsp3) is 0.125. The summed E-state index contributed by atoms with van der Waals surface area (Å²) in [7, 11) is 0. The van der Waals surface area contributed by atoms with E-state index in [9.17, 15) is 18.8 Å². The second-order valence-electron chi connectivity index (χ2n) is 6.88. The molecule has 33 heavy (non-hydrogen) atoms. The number of carbonyl (C=O) groups excluding carboxylic acids is 3. The molecular formula is C24H18FNO7. The van der Waals surface area contributed by atoms with Crippen LogP contribution in [0.1, 0.15) is 20.7 Å². The number of rotatable bonds is 8. The van der Waals surface area contributed by atoms with Gasteiger partial charge in [0.1, 0.15) is 17.1 Å². The first-order valence-electron chi connectivity index (χ1n) is 9.87. The highest BCUT2D eigenvalue weighted by molar-refractivity contribution is 6.00. The maximum Gasteiger partial charge on any atom is 0.342 e. The van der Waals surface area contributed by atoms with Crippen LogP contribution in [0.15, 0.2) is 66.7 Å². The second-order valence-corrected chi connectivity index (χ2v) is 6.88. The van der Waals surface area contributed by atoms with Crippen LogP contribution in [-0.2, 0) is 9.53 Å². The normalized spacial score (nSPS) is 11.5. The molecule has 0 atom stereocenters. The van der Waals surface area contributed by atoms with Gasteiger partial charge in [0.05, 0.1) is 5.69 Å². The number of fused-ring (bicyclic) bond motifs is 1. The first-order chi connectivity index (χ1) is 16.0. The van der Waals surface area contributed by atoms with Crippen LogP contribution in [0.4, 0.5) is 10.1 Å². The molecule has 0 aromatic heterocycles. The lowest BCUT2D eigenvalue weighted by Crippen LogP contribution is -2.22. The molecule has 0 saturated heterocycles. The van der Waals surface area contributed by atoms with E-state index in [0.717, 1.165) is 0 Å². The van der Waals surface area contributed by atoms with E-state index in [0.29, 0.717) is 17.1 Å². The summed E-state index contributed by atoms with van der Waals surface area (Å²) in [6.45, 7) is -0.883. The van der Waals surface area contributed by atoms with Gasteiger partial charge in [0.15, 0.2) is 30.5 Å². The monoisotopic (exact) mass is 451 g/mol. The van der Waals surface area contributed by atoms with Gasteiger partial charge in [0, 0.05) is 5.56 Å². The maximum atomic E-state index is 13.7. The summed E-state index contributed by atoms with van der Waals surface area (Å²) in [6.07, 6.45) is 0. The Morgan fingerprint density at radius 1 is 0.909 bits per heavy atom. The molecule has 4 rings (SSSR count). The molecule has 9 heteroatoms. The van der Waals surface area contributed by atoms with Crippen LogP contribution < -0.4 is 19.5 Å². The zero-order chi connectivity index (χ0) is 23.2. The van der Waals surface area contributed by atoms with E-state index in [1.165, 1.54) is 36.4 Å². The highest BCUT2D eigenvalue weighted by Crippen LogP contribution is 2.32. The van der Waals surface area contributed by atoms with Crippen LogP contribution in [0.5, 0.6) is 17.2 Å². The van der Waals surface area contributed by atoms with Gasteiger partial charge in [-0.25, -0.2) is 9.18 Å². The summed E-state index contributed by atoms with van der Waals surface area (Å²) in [5.41, 5.74) is 0.358. The van der Waals surface area contributed by atoms with Gasteiger partial charge in [0.25, 0.3) is 5.91 Å². The lowest BCUT2D eigenvalue weighted by atomic mass is 10.1. The molecule has 3 aromatic rings. The van der Waals surface area contributed by atoms with E-state index in [2.05, 4.69) is 5.32 Å². The molecule has 0 radical (unpaired) electrons. The molecule has 0 bridgehead atoms. The van der Waals surface area contributed by atoms with Crippen molar-refractivity contribution in [2.75, 3.05) is 25.3 Å². The van der Waals surface area contributed by atoms with Crippen LogP contribution in [0, 0.1) is 5.82 Å². The number of amides is 1. The van der Waals surface area contributed by atoms with E-state index in [1.54, 1.807) is 30.3 Å². The molecule has 0 aliphatic carbocycles. The largest absolute Gasteiger partial charge is 0.483 e. The van der Waals surface area contributed by atoms with Gasteiger partial charge >= 0.3 is 5.97 Å². The quantitative estimate of drug-likeness (QED) is 0.413. The van der Waals surface area contributed by atoms with Crippen molar-refractivity contribution in [2.45, 2.75) is 0 Å². The van der Waals surface area contributed by atoms with Gasteiger partial charge in [-0.15, -0.1) is 0 Å². The van der Waals surface area contributed by atoms with Gasteiger partial charge in [0.2, 0.25) is 6.79 Å². The molecule has 1 aliphatic heterocycles. The maximum absolute atomic E-state index is 13.7. The van der Waals surface area contributed by atoms with Crippen molar-refractivity contribution < 1.29 is 37.7 Å². The van der Waals surface area contributed by atoms with Gasteiger partial charge in [-0.05, 0) is 42.5 Å². The van der Waals surface area contributed by atoms with E-state index in [4.69, 9.17) is 18.9 Å². The molecule has 168 valence electrons. The second kappa shape index (κ2) is 9.82. The Morgan fingerprint density at radius 3 is 2.52 bits per heavy atom. The zero-order valence-corrected chi connectivity index (χ0v) is 17.2. The van der Waals surface area contributed by atoms with Gasteiger partial charge in [-0.2, -0.15) is 0 Å². The van der Waals surface area contributed by atoms with E-state index < -0.39 is 36.7 Å². The molecule has 1 N–H and O–H groups in total. The highest BCUT2D eigenvalue weighted by atomic mass is 19.1. The number of nitrogens with one attached hydrogen (secondary N) is 1. The summed E-state index contributed by atoms with van der Waals surface area (Å²) >= 11 is 0. The summed E-state index contributed by atoms with van der Waals surface area (Å²) < 4.78 is 34.7. The molecule has 1 amide bonds. The van der Waals surface area contributed by atoms with Gasteiger partial charge in [-0.3, -0.25) is 9.59 Å². The fourth-order valence-corrected chi connectivity index (χ4v) is 3.02. The van der Waals surface area contributed by atoms with E-state index in [1.807, 2.05) is 0 Å². The Labute approximate surface area is 187 Å². The minimum absolute atomic E-state index is 0.0147. The van der Waals surface area contributed by atoms with Crippen LogP contribution in [0.3, 0.4) is 0 Å². The number of hydrogen-bond acceptors (Lipinski definition) is 7. The van der Waals surface area contributed by atoms with Crippen molar-refractivity contribution in [3.8, 4) is 17.2 Å². The van der Waals surface area contributed by atoms with Crippen molar-refractivity contribution >= 4 is 23.3 Å². The average molecular weight is 451 g/mol. The zero-order valence-electron chi connectivity index (χ0n) is 17.2. The Bertz CT molecular complexity index is 1210. The van der Waals surface area contributed by atoms with Crippen LogP contribution in [0.25, 0.3) is 0 Å². The molecule has 3 aromatic carbocycles. The summed E-state index contributed by atoms with van der Waals surface area (Å²) in [5.74, 6) is -1.35. The van der Waals surface area contributed by atoms with Crippen molar-refractivity contribution in [3.63, 3.8) is 0 Å². The first kappa shape index (κ1) is 21.8. The smallest absolute Gasteiger partial charge is 0.342 e. The molecule has 0 saturated carbocycles. The highest BCUT2D eigenvalue weighted by Gasteiger charge is 2.19. The number of anilines is 1. The average Bonchev–Trinajstić information content (AvgIpc) is 3.30. The van der Waals surface area contributed by atoms with Crippen LogP contribution in [0.2, 0.25) is 0 Å². The van der Waals surface area contributed by atoms with Crippen molar-refractivity contribution in [2.24, 2.45) is 0 Å². The number of Topliss-reactive ketones (excluding diaryl/α,β-unsaturated/α-hetero) is 1. The fourth-order valence-electron chi connectivity index (χ4n) is 3.02. The van der Waals surface area contributed by atoms with Gasteiger partial charge < -0.3 is 24.3 Å². The Hall–Kier alpha value is -4.40.